The summed E-state index contributed by atoms with van der Waals surface area (Å²) in [5, 5.41) is -1.57. The number of rotatable bonds is 4. The van der Waals surface area contributed by atoms with Gasteiger partial charge in [0, 0.05) is 6.92 Å². The van der Waals surface area contributed by atoms with E-state index < -0.39 is 11.0 Å². The van der Waals surface area contributed by atoms with Gasteiger partial charge in [0.2, 0.25) is 0 Å². The summed E-state index contributed by atoms with van der Waals surface area (Å²) in [6.07, 6.45) is 0. The molecule has 0 aliphatic heterocycles. The molecule has 0 spiro atoms. The van der Waals surface area contributed by atoms with Crippen LogP contribution in [0.3, 0.4) is 0 Å². The molecule has 2 rings (SSSR count). The van der Waals surface area contributed by atoms with E-state index in [1.54, 1.807) is 48.5 Å². The first-order chi connectivity index (χ1) is 9.08. The van der Waals surface area contributed by atoms with Crippen LogP contribution in [0.2, 0.25) is 0 Å². The molecule has 0 amide bonds. The number of ether oxygens (including phenoxy) is 2. The highest BCUT2D eigenvalue weighted by molar-refractivity contribution is 6.32. The molecule has 0 aliphatic carbocycles. The van der Waals surface area contributed by atoms with Crippen molar-refractivity contribution < 1.29 is 14.3 Å². The second-order valence-corrected chi connectivity index (χ2v) is 4.76. The lowest BCUT2D eigenvalue weighted by Gasteiger charge is -2.21. The van der Waals surface area contributed by atoms with Crippen molar-refractivity contribution in [2.45, 2.75) is 12.0 Å². The fraction of sp³-hybridized carbons (Fsp3) is 0.133. The normalized spacial score (nSPS) is 13.4. The standard InChI is InChI=1S/C15H13ClO3/c1-15(16,19-13-10-6-3-7-11-13)14(17)18-12-8-4-2-5-9-12/h2-11H,1H3. The summed E-state index contributed by atoms with van der Waals surface area (Å²) < 4.78 is 10.6. The molecule has 0 saturated heterocycles. The highest BCUT2D eigenvalue weighted by atomic mass is 35.5. The number of para-hydroxylation sites is 2. The van der Waals surface area contributed by atoms with Crippen LogP contribution in [0.4, 0.5) is 0 Å². The summed E-state index contributed by atoms with van der Waals surface area (Å²) in [4.78, 5) is 12.0. The molecule has 1 unspecified atom stereocenters. The van der Waals surface area contributed by atoms with Crippen molar-refractivity contribution in [2.75, 3.05) is 0 Å². The van der Waals surface area contributed by atoms with Crippen LogP contribution in [0.25, 0.3) is 0 Å². The second-order valence-electron chi connectivity index (χ2n) is 4.03. The average molecular weight is 277 g/mol. The Kier molecular flexibility index (Phi) is 4.07. The zero-order valence-corrected chi connectivity index (χ0v) is 11.1. The molecule has 0 fully saturated rings. The van der Waals surface area contributed by atoms with Crippen molar-refractivity contribution >= 4 is 17.6 Å². The van der Waals surface area contributed by atoms with E-state index in [4.69, 9.17) is 21.1 Å². The summed E-state index contributed by atoms with van der Waals surface area (Å²) in [6.45, 7) is 1.45. The SMILES string of the molecule is CC(Cl)(Oc1ccccc1)C(=O)Oc1ccccc1. The van der Waals surface area contributed by atoms with Gasteiger partial charge in [0.1, 0.15) is 11.5 Å². The number of hydrogen-bond donors (Lipinski definition) is 0. The Labute approximate surface area is 116 Å². The summed E-state index contributed by atoms with van der Waals surface area (Å²) in [7, 11) is 0. The number of esters is 1. The van der Waals surface area contributed by atoms with E-state index in [0.29, 0.717) is 11.5 Å². The van der Waals surface area contributed by atoms with Crippen LogP contribution in [-0.2, 0) is 4.79 Å². The van der Waals surface area contributed by atoms with Gasteiger partial charge in [-0.2, -0.15) is 0 Å². The average Bonchev–Trinajstić information content (AvgIpc) is 2.40. The molecule has 0 aromatic heterocycles. The Morgan fingerprint density at radius 1 is 0.947 bits per heavy atom. The van der Waals surface area contributed by atoms with E-state index in [9.17, 15) is 4.79 Å². The van der Waals surface area contributed by atoms with Gasteiger partial charge in [-0.15, -0.1) is 0 Å². The van der Waals surface area contributed by atoms with E-state index in [0.717, 1.165) is 0 Å². The predicted molar refractivity (Wildman–Crippen MR) is 73.4 cm³/mol. The smallest absolute Gasteiger partial charge is 0.371 e. The van der Waals surface area contributed by atoms with E-state index in [2.05, 4.69) is 0 Å². The summed E-state index contributed by atoms with van der Waals surface area (Å²) >= 11 is 6.07. The van der Waals surface area contributed by atoms with Gasteiger partial charge in [-0.3, -0.25) is 0 Å². The third-order valence-corrected chi connectivity index (χ3v) is 2.60. The third-order valence-electron chi connectivity index (χ3n) is 2.37. The maximum Gasteiger partial charge on any atom is 0.371 e. The van der Waals surface area contributed by atoms with Crippen LogP contribution in [0.1, 0.15) is 6.92 Å². The minimum absolute atomic E-state index is 0.427. The first-order valence-electron chi connectivity index (χ1n) is 5.78. The molecule has 19 heavy (non-hydrogen) atoms. The van der Waals surface area contributed by atoms with Crippen LogP contribution in [0, 0.1) is 0 Å². The highest BCUT2D eigenvalue weighted by Crippen LogP contribution is 2.24. The molecule has 2 aromatic carbocycles. The third kappa shape index (κ3) is 3.73. The van der Waals surface area contributed by atoms with E-state index in [1.165, 1.54) is 6.92 Å². The minimum atomic E-state index is -1.57. The molecule has 0 bridgehead atoms. The zero-order chi connectivity index (χ0) is 13.7. The van der Waals surface area contributed by atoms with Crippen molar-refractivity contribution in [1.29, 1.82) is 0 Å². The van der Waals surface area contributed by atoms with Crippen molar-refractivity contribution in [3.63, 3.8) is 0 Å². The van der Waals surface area contributed by atoms with Gasteiger partial charge in [-0.05, 0) is 24.3 Å². The van der Waals surface area contributed by atoms with E-state index in [-0.39, 0.29) is 0 Å². The summed E-state index contributed by atoms with van der Waals surface area (Å²) in [6, 6.07) is 17.6. The van der Waals surface area contributed by atoms with Gasteiger partial charge in [0.15, 0.2) is 0 Å². The Morgan fingerprint density at radius 3 is 1.95 bits per heavy atom. The Balaban J connectivity index is 2.05. The number of halogens is 1. The van der Waals surface area contributed by atoms with Crippen molar-refractivity contribution in [2.24, 2.45) is 0 Å². The Bertz CT molecular complexity index is 538. The van der Waals surface area contributed by atoms with Gasteiger partial charge < -0.3 is 9.47 Å². The minimum Gasteiger partial charge on any atom is -0.461 e. The molecule has 2 aromatic rings. The van der Waals surface area contributed by atoms with Crippen LogP contribution in [0.5, 0.6) is 11.5 Å². The number of carbonyl (C=O) groups is 1. The lowest BCUT2D eigenvalue weighted by atomic mass is 10.3. The fourth-order valence-electron chi connectivity index (χ4n) is 1.44. The fourth-order valence-corrected chi connectivity index (χ4v) is 1.57. The largest absolute Gasteiger partial charge is 0.461 e. The van der Waals surface area contributed by atoms with Crippen LogP contribution in [-0.4, -0.2) is 11.0 Å². The topological polar surface area (TPSA) is 35.5 Å². The lowest BCUT2D eigenvalue weighted by molar-refractivity contribution is -0.144. The number of carbonyl (C=O) groups excluding carboxylic acids is 1. The summed E-state index contributed by atoms with van der Waals surface area (Å²) in [5.41, 5.74) is 0. The van der Waals surface area contributed by atoms with Crippen molar-refractivity contribution in [3.05, 3.63) is 60.7 Å². The quantitative estimate of drug-likeness (QED) is 0.486. The van der Waals surface area contributed by atoms with Crippen molar-refractivity contribution in [1.82, 2.24) is 0 Å². The van der Waals surface area contributed by atoms with Gasteiger partial charge in [0.05, 0.1) is 0 Å². The molecule has 3 nitrogen and oxygen atoms in total. The van der Waals surface area contributed by atoms with E-state index >= 15 is 0 Å². The van der Waals surface area contributed by atoms with Gasteiger partial charge >= 0.3 is 5.97 Å². The van der Waals surface area contributed by atoms with Crippen LogP contribution in [0.15, 0.2) is 60.7 Å². The van der Waals surface area contributed by atoms with Crippen molar-refractivity contribution in [3.8, 4) is 11.5 Å². The predicted octanol–water partition coefficient (Wildman–Crippen LogP) is 3.63. The second kappa shape index (κ2) is 5.76. The Hall–Kier alpha value is -2.00. The maximum absolute atomic E-state index is 12.0. The summed E-state index contributed by atoms with van der Waals surface area (Å²) in [5.74, 6) is 0.269. The molecule has 4 heteroatoms. The molecular weight excluding hydrogens is 264 g/mol. The molecule has 0 radical (unpaired) electrons. The van der Waals surface area contributed by atoms with E-state index in [1.807, 2.05) is 12.1 Å². The molecule has 1 atom stereocenters. The monoisotopic (exact) mass is 276 g/mol. The number of benzene rings is 2. The first-order valence-corrected chi connectivity index (χ1v) is 6.16. The van der Waals surface area contributed by atoms with Gasteiger partial charge in [-0.1, -0.05) is 48.0 Å². The molecule has 0 heterocycles. The molecular formula is C15H13ClO3. The molecule has 0 aliphatic rings. The zero-order valence-electron chi connectivity index (χ0n) is 10.4. The Morgan fingerprint density at radius 2 is 1.42 bits per heavy atom. The van der Waals surface area contributed by atoms with Crippen LogP contribution >= 0.6 is 11.6 Å². The molecule has 0 N–H and O–H groups in total. The molecule has 0 saturated carbocycles. The van der Waals surface area contributed by atoms with Gasteiger partial charge in [-0.25, -0.2) is 4.79 Å². The first kappa shape index (κ1) is 13.4. The highest BCUT2D eigenvalue weighted by Gasteiger charge is 2.35. The lowest BCUT2D eigenvalue weighted by Crippen LogP contribution is -2.39. The maximum atomic E-state index is 12.0. The number of hydrogen-bond acceptors (Lipinski definition) is 3. The molecule has 98 valence electrons. The van der Waals surface area contributed by atoms with Crippen LogP contribution < -0.4 is 9.47 Å². The number of alkyl halides is 1. The van der Waals surface area contributed by atoms with Gasteiger partial charge in [0.25, 0.3) is 5.06 Å².